The van der Waals surface area contributed by atoms with E-state index in [9.17, 15) is 14.0 Å². The largest absolute Gasteiger partial charge is 0.352 e. The predicted octanol–water partition coefficient (Wildman–Crippen LogP) is 0.741. The highest BCUT2D eigenvalue weighted by Crippen LogP contribution is 2.18. The Bertz CT molecular complexity index is 492. The van der Waals surface area contributed by atoms with Crippen molar-refractivity contribution in [2.45, 2.75) is 12.8 Å². The SMILES string of the molecule is NC(=O)NCC1CCCN(C(=O)c2ccc(F)nc2)C1. The summed E-state index contributed by atoms with van der Waals surface area (Å²) in [6.45, 7) is 1.67. The summed E-state index contributed by atoms with van der Waals surface area (Å²) in [5.41, 5.74) is 5.41. The molecule has 6 nitrogen and oxygen atoms in total. The molecule has 108 valence electrons. The molecule has 0 saturated carbocycles. The Morgan fingerprint density at radius 2 is 2.30 bits per heavy atom. The van der Waals surface area contributed by atoms with E-state index >= 15 is 0 Å². The number of nitrogens with one attached hydrogen (secondary N) is 1. The van der Waals surface area contributed by atoms with Crippen LogP contribution in [0.15, 0.2) is 18.3 Å². The summed E-state index contributed by atoms with van der Waals surface area (Å²) in [5.74, 6) is -0.585. The van der Waals surface area contributed by atoms with E-state index in [0.29, 0.717) is 25.2 Å². The van der Waals surface area contributed by atoms with Crippen molar-refractivity contribution >= 4 is 11.9 Å². The topological polar surface area (TPSA) is 88.3 Å². The Kier molecular flexibility index (Phi) is 4.49. The van der Waals surface area contributed by atoms with Gasteiger partial charge < -0.3 is 16.0 Å². The summed E-state index contributed by atoms with van der Waals surface area (Å²) in [6.07, 6.45) is 3.04. The number of nitrogens with two attached hydrogens (primary N) is 1. The lowest BCUT2D eigenvalue weighted by atomic mass is 9.97. The summed E-state index contributed by atoms with van der Waals surface area (Å²) in [6, 6.07) is 2.04. The number of aromatic nitrogens is 1. The number of likely N-dealkylation sites (tertiary alicyclic amines) is 1. The number of primary amides is 1. The molecule has 3 N–H and O–H groups in total. The molecule has 0 bridgehead atoms. The third-order valence-electron chi connectivity index (χ3n) is 3.35. The third-order valence-corrected chi connectivity index (χ3v) is 3.35. The minimum Gasteiger partial charge on any atom is -0.352 e. The lowest BCUT2D eigenvalue weighted by molar-refractivity contribution is 0.0674. The molecule has 1 fully saturated rings. The summed E-state index contributed by atoms with van der Waals surface area (Å²) in [7, 11) is 0. The number of carbonyl (C=O) groups excluding carboxylic acids is 2. The van der Waals surface area contributed by atoms with Crippen LogP contribution in [0.3, 0.4) is 0 Å². The standard InChI is InChI=1S/C13H17FN4O2/c14-11-4-3-10(7-16-11)12(19)18-5-1-2-9(8-18)6-17-13(15)20/h3-4,7,9H,1-2,5-6,8H2,(H3,15,17,20). The first-order valence-electron chi connectivity index (χ1n) is 6.50. The molecule has 1 aliphatic rings. The van der Waals surface area contributed by atoms with Crippen LogP contribution >= 0.6 is 0 Å². The second kappa shape index (κ2) is 6.31. The predicted molar refractivity (Wildman–Crippen MR) is 70.4 cm³/mol. The number of rotatable bonds is 3. The number of piperidine rings is 1. The molecule has 1 aromatic heterocycles. The molecule has 1 aliphatic heterocycles. The number of nitrogens with zero attached hydrogens (tertiary/aromatic N) is 2. The highest BCUT2D eigenvalue weighted by Gasteiger charge is 2.24. The van der Waals surface area contributed by atoms with Gasteiger partial charge in [0.1, 0.15) is 0 Å². The van der Waals surface area contributed by atoms with Crippen LogP contribution in [0.2, 0.25) is 0 Å². The third kappa shape index (κ3) is 3.66. The molecule has 1 saturated heterocycles. The molecular formula is C13H17FN4O2. The van der Waals surface area contributed by atoms with Crippen LogP contribution in [0, 0.1) is 11.9 Å². The number of amides is 3. The van der Waals surface area contributed by atoms with E-state index < -0.39 is 12.0 Å². The van der Waals surface area contributed by atoms with Gasteiger partial charge in [0.15, 0.2) is 0 Å². The van der Waals surface area contributed by atoms with Crippen molar-refractivity contribution in [1.29, 1.82) is 0 Å². The summed E-state index contributed by atoms with van der Waals surface area (Å²) in [4.78, 5) is 28.1. The van der Waals surface area contributed by atoms with E-state index in [1.807, 2.05) is 0 Å². The zero-order valence-electron chi connectivity index (χ0n) is 11.0. The summed E-state index contributed by atoms with van der Waals surface area (Å²) >= 11 is 0. The van der Waals surface area contributed by atoms with Gasteiger partial charge in [0, 0.05) is 25.8 Å². The summed E-state index contributed by atoms with van der Waals surface area (Å²) in [5, 5.41) is 2.56. The lowest BCUT2D eigenvalue weighted by Gasteiger charge is -2.32. The molecule has 1 aromatic rings. The van der Waals surface area contributed by atoms with Crippen LogP contribution in [0.1, 0.15) is 23.2 Å². The Morgan fingerprint density at radius 1 is 1.50 bits per heavy atom. The van der Waals surface area contributed by atoms with E-state index in [4.69, 9.17) is 5.73 Å². The molecule has 7 heteroatoms. The number of pyridine rings is 1. The average molecular weight is 280 g/mol. The zero-order chi connectivity index (χ0) is 14.5. The van der Waals surface area contributed by atoms with Gasteiger partial charge in [-0.25, -0.2) is 9.78 Å². The van der Waals surface area contributed by atoms with Gasteiger partial charge in [0.05, 0.1) is 5.56 Å². The first kappa shape index (κ1) is 14.2. The molecule has 3 amide bonds. The molecule has 1 atom stereocenters. The second-order valence-electron chi connectivity index (χ2n) is 4.87. The van der Waals surface area contributed by atoms with E-state index in [1.165, 1.54) is 18.3 Å². The molecule has 2 heterocycles. The van der Waals surface area contributed by atoms with E-state index in [2.05, 4.69) is 10.3 Å². The molecular weight excluding hydrogens is 263 g/mol. The molecule has 20 heavy (non-hydrogen) atoms. The van der Waals surface area contributed by atoms with Gasteiger partial charge in [0.25, 0.3) is 5.91 Å². The zero-order valence-corrected chi connectivity index (χ0v) is 11.0. The van der Waals surface area contributed by atoms with Crippen LogP contribution in [0.4, 0.5) is 9.18 Å². The van der Waals surface area contributed by atoms with Crippen molar-refractivity contribution in [2.24, 2.45) is 11.7 Å². The summed E-state index contributed by atoms with van der Waals surface area (Å²) < 4.78 is 12.7. The minimum absolute atomic E-state index is 0.165. The maximum absolute atomic E-state index is 12.7. The molecule has 0 radical (unpaired) electrons. The van der Waals surface area contributed by atoms with Gasteiger partial charge in [-0.3, -0.25) is 4.79 Å². The van der Waals surface area contributed by atoms with Gasteiger partial charge in [-0.15, -0.1) is 0 Å². The first-order valence-corrected chi connectivity index (χ1v) is 6.50. The van der Waals surface area contributed by atoms with Gasteiger partial charge in [-0.2, -0.15) is 4.39 Å². The average Bonchev–Trinajstić information content (AvgIpc) is 2.45. The Balaban J connectivity index is 1.96. The van der Waals surface area contributed by atoms with Gasteiger partial charge >= 0.3 is 6.03 Å². The normalized spacial score (nSPS) is 18.6. The Morgan fingerprint density at radius 3 is 2.95 bits per heavy atom. The quantitative estimate of drug-likeness (QED) is 0.800. The fourth-order valence-electron chi connectivity index (χ4n) is 2.35. The molecule has 1 unspecified atom stereocenters. The Hall–Kier alpha value is -2.18. The van der Waals surface area contributed by atoms with Crippen LogP contribution in [-0.4, -0.2) is 41.5 Å². The monoisotopic (exact) mass is 280 g/mol. The molecule has 0 spiro atoms. The van der Waals surface area contributed by atoms with Crippen LogP contribution in [0.25, 0.3) is 0 Å². The number of carbonyl (C=O) groups is 2. The maximum atomic E-state index is 12.7. The molecule has 0 aromatic carbocycles. The van der Waals surface area contributed by atoms with Crippen LogP contribution in [0.5, 0.6) is 0 Å². The van der Waals surface area contributed by atoms with Crippen molar-refractivity contribution in [1.82, 2.24) is 15.2 Å². The minimum atomic E-state index is -0.608. The fourth-order valence-corrected chi connectivity index (χ4v) is 2.35. The number of urea groups is 1. The first-order chi connectivity index (χ1) is 9.56. The van der Waals surface area contributed by atoms with Crippen molar-refractivity contribution in [3.63, 3.8) is 0 Å². The van der Waals surface area contributed by atoms with Crippen LogP contribution in [-0.2, 0) is 0 Å². The fraction of sp³-hybridized carbons (Fsp3) is 0.462. The highest BCUT2D eigenvalue weighted by molar-refractivity contribution is 5.93. The number of hydrogen-bond donors (Lipinski definition) is 2. The van der Waals surface area contributed by atoms with Crippen molar-refractivity contribution < 1.29 is 14.0 Å². The number of hydrogen-bond acceptors (Lipinski definition) is 3. The lowest BCUT2D eigenvalue weighted by Crippen LogP contribution is -2.44. The Labute approximate surface area is 116 Å². The van der Waals surface area contributed by atoms with E-state index in [1.54, 1.807) is 4.90 Å². The van der Waals surface area contributed by atoms with Crippen molar-refractivity contribution in [3.8, 4) is 0 Å². The van der Waals surface area contributed by atoms with Crippen molar-refractivity contribution in [2.75, 3.05) is 19.6 Å². The van der Waals surface area contributed by atoms with Gasteiger partial charge in [-0.05, 0) is 30.9 Å². The highest BCUT2D eigenvalue weighted by atomic mass is 19.1. The maximum Gasteiger partial charge on any atom is 0.312 e. The second-order valence-corrected chi connectivity index (χ2v) is 4.87. The van der Waals surface area contributed by atoms with Crippen LogP contribution < -0.4 is 11.1 Å². The van der Waals surface area contributed by atoms with Gasteiger partial charge in [0.2, 0.25) is 5.95 Å². The van der Waals surface area contributed by atoms with Gasteiger partial charge in [-0.1, -0.05) is 0 Å². The van der Waals surface area contributed by atoms with E-state index in [0.717, 1.165) is 12.8 Å². The molecule has 2 rings (SSSR count). The number of halogens is 1. The smallest absolute Gasteiger partial charge is 0.312 e. The van der Waals surface area contributed by atoms with E-state index in [-0.39, 0.29) is 11.8 Å². The molecule has 0 aliphatic carbocycles. The van der Waals surface area contributed by atoms with Crippen molar-refractivity contribution in [3.05, 3.63) is 29.8 Å².